The zero-order valence-electron chi connectivity index (χ0n) is 39.7. The van der Waals surface area contributed by atoms with Gasteiger partial charge in [0.2, 0.25) is 0 Å². The number of rotatable bonds is 12. The second kappa shape index (κ2) is 20.7. The molecule has 2 aromatic heterocycles. The lowest BCUT2D eigenvalue weighted by molar-refractivity contribution is -0.108. The van der Waals surface area contributed by atoms with Gasteiger partial charge in [0.15, 0.2) is 0 Å². The van der Waals surface area contributed by atoms with E-state index in [1.807, 2.05) is 12.1 Å². The molecule has 12 nitrogen and oxygen atoms in total. The standard InChI is InChI=1S/C27H31FN2O4.C27H29FN2O4/c2*1-27(2,3)34-26(33)29(16-18-7-9-23(28)10-8-18)17-22-14-21-13-19-5-4-6-20(19)15-24(21)30(11-12-31)25(22)32/h7-10,13-15,31H,4-6,11-12,16-17H2,1-3H3;7-10,12-15H,4-6,11,16-17H2,1-3H3. The number of aryl methyl sites for hydroxylation is 4. The Kier molecular flexibility index (Phi) is 15.0. The van der Waals surface area contributed by atoms with E-state index in [9.17, 15) is 37.9 Å². The van der Waals surface area contributed by atoms with Crippen LogP contribution in [0.2, 0.25) is 0 Å². The molecule has 0 bridgehead atoms. The van der Waals surface area contributed by atoms with Crippen molar-refractivity contribution in [3.8, 4) is 0 Å². The Bertz CT molecular complexity index is 2950. The minimum Gasteiger partial charge on any atom is -0.444 e. The molecule has 2 aliphatic rings. The number of aliphatic hydroxyl groups is 1. The lowest BCUT2D eigenvalue weighted by Crippen LogP contribution is -2.38. The lowest BCUT2D eigenvalue weighted by Gasteiger charge is -2.28. The average Bonchev–Trinajstić information content (AvgIpc) is 3.94. The van der Waals surface area contributed by atoms with E-state index in [2.05, 4.69) is 18.2 Å². The summed E-state index contributed by atoms with van der Waals surface area (Å²) >= 11 is 0. The number of carbonyl (C=O) groups excluding carboxylic acids is 3. The number of ether oxygens (including phenoxy) is 2. The van der Waals surface area contributed by atoms with E-state index in [4.69, 9.17) is 9.47 Å². The molecule has 358 valence electrons. The number of hydrogen-bond donors (Lipinski definition) is 1. The molecule has 8 rings (SSSR count). The van der Waals surface area contributed by atoms with Gasteiger partial charge in [-0.05, 0) is 185 Å². The highest BCUT2D eigenvalue weighted by molar-refractivity contribution is 5.83. The lowest BCUT2D eigenvalue weighted by atomic mass is 10.0. The summed E-state index contributed by atoms with van der Waals surface area (Å²) in [5.41, 5.74) is 6.79. The van der Waals surface area contributed by atoms with Crippen molar-refractivity contribution < 1.29 is 37.7 Å². The highest BCUT2D eigenvalue weighted by Gasteiger charge is 2.27. The van der Waals surface area contributed by atoms with Crippen LogP contribution in [0.25, 0.3) is 21.8 Å². The maximum absolute atomic E-state index is 13.4. The zero-order chi connectivity index (χ0) is 48.9. The number of hydrogen-bond acceptors (Lipinski definition) is 8. The van der Waals surface area contributed by atoms with Crippen LogP contribution in [0.3, 0.4) is 0 Å². The topological polar surface area (TPSA) is 140 Å². The summed E-state index contributed by atoms with van der Waals surface area (Å²) in [6.07, 6.45) is 5.69. The Labute approximate surface area is 394 Å². The first kappa shape index (κ1) is 49.2. The number of carbonyl (C=O) groups is 3. The van der Waals surface area contributed by atoms with Crippen LogP contribution in [-0.4, -0.2) is 60.3 Å². The van der Waals surface area contributed by atoms with Crippen molar-refractivity contribution in [2.24, 2.45) is 0 Å². The molecular weight excluding hydrogens is 871 g/mol. The Morgan fingerprint density at radius 3 is 1.37 bits per heavy atom. The van der Waals surface area contributed by atoms with E-state index < -0.39 is 23.4 Å². The molecule has 14 heteroatoms. The number of nitrogens with zero attached hydrogens (tertiary/aromatic N) is 4. The maximum atomic E-state index is 13.4. The van der Waals surface area contributed by atoms with Crippen LogP contribution >= 0.6 is 0 Å². The van der Waals surface area contributed by atoms with Gasteiger partial charge in [0.25, 0.3) is 11.1 Å². The molecule has 6 aromatic rings. The van der Waals surface area contributed by atoms with Gasteiger partial charge >= 0.3 is 12.2 Å². The van der Waals surface area contributed by atoms with Crippen molar-refractivity contribution in [2.75, 3.05) is 6.61 Å². The fourth-order valence-electron chi connectivity index (χ4n) is 8.88. The van der Waals surface area contributed by atoms with Gasteiger partial charge < -0.3 is 28.5 Å². The van der Waals surface area contributed by atoms with Gasteiger partial charge in [-0.15, -0.1) is 0 Å². The van der Waals surface area contributed by atoms with E-state index in [1.165, 1.54) is 60.9 Å². The number of aliphatic hydroxyl groups excluding tert-OH is 1. The predicted octanol–water partition coefficient (Wildman–Crippen LogP) is 9.32. The first-order valence-electron chi connectivity index (χ1n) is 23.1. The van der Waals surface area contributed by atoms with Gasteiger partial charge in [0.1, 0.15) is 29.1 Å². The summed E-state index contributed by atoms with van der Waals surface area (Å²) in [4.78, 5) is 67.2. The third-order valence-electron chi connectivity index (χ3n) is 11.9. The molecular formula is C54H60F2N4O8. The molecule has 0 spiro atoms. The van der Waals surface area contributed by atoms with Crippen LogP contribution < -0.4 is 11.1 Å². The summed E-state index contributed by atoms with van der Waals surface area (Å²) in [6, 6.07) is 23.7. The second-order valence-electron chi connectivity index (χ2n) is 19.6. The first-order chi connectivity index (χ1) is 32.3. The molecule has 0 fully saturated rings. The number of halogens is 2. The molecule has 0 saturated carbocycles. The fourth-order valence-corrected chi connectivity index (χ4v) is 8.88. The summed E-state index contributed by atoms with van der Waals surface area (Å²) < 4.78 is 41.0. The molecule has 2 aliphatic carbocycles. The zero-order valence-corrected chi connectivity index (χ0v) is 39.7. The van der Waals surface area contributed by atoms with E-state index in [1.54, 1.807) is 76.4 Å². The largest absolute Gasteiger partial charge is 0.444 e. The van der Waals surface area contributed by atoms with Gasteiger partial charge in [-0.3, -0.25) is 19.4 Å². The van der Waals surface area contributed by atoms with Crippen LogP contribution in [0.1, 0.15) is 98.9 Å². The summed E-state index contributed by atoms with van der Waals surface area (Å²) in [7, 11) is 0. The molecule has 68 heavy (non-hydrogen) atoms. The molecule has 0 aliphatic heterocycles. The second-order valence-corrected chi connectivity index (χ2v) is 19.6. The van der Waals surface area contributed by atoms with E-state index in [0.717, 1.165) is 65.9 Å². The van der Waals surface area contributed by atoms with Crippen LogP contribution in [0, 0.1) is 11.6 Å². The van der Waals surface area contributed by atoms with Gasteiger partial charge in [-0.2, -0.15) is 0 Å². The number of pyridine rings is 2. The number of fused-ring (bicyclic) bond motifs is 4. The van der Waals surface area contributed by atoms with Crippen molar-refractivity contribution in [3.05, 3.63) is 162 Å². The molecule has 0 atom stereocenters. The third-order valence-corrected chi connectivity index (χ3v) is 11.9. The van der Waals surface area contributed by atoms with Crippen LogP contribution in [0.5, 0.6) is 0 Å². The van der Waals surface area contributed by atoms with Crippen molar-refractivity contribution in [3.63, 3.8) is 0 Å². The molecule has 0 radical (unpaired) electrons. The fraction of sp³-hybridized carbons (Fsp3) is 0.389. The number of aromatic nitrogens is 2. The Morgan fingerprint density at radius 2 is 0.985 bits per heavy atom. The highest BCUT2D eigenvalue weighted by atomic mass is 19.1. The first-order valence-corrected chi connectivity index (χ1v) is 23.1. The van der Waals surface area contributed by atoms with E-state index >= 15 is 0 Å². The van der Waals surface area contributed by atoms with Gasteiger partial charge in [-0.1, -0.05) is 24.3 Å². The van der Waals surface area contributed by atoms with Gasteiger partial charge in [-0.25, -0.2) is 18.4 Å². The highest BCUT2D eigenvalue weighted by Crippen LogP contribution is 2.30. The molecule has 2 heterocycles. The maximum Gasteiger partial charge on any atom is 0.410 e. The minimum absolute atomic E-state index is 0.00297. The summed E-state index contributed by atoms with van der Waals surface area (Å²) in [5.74, 6) is -0.729. The Morgan fingerprint density at radius 1 is 0.603 bits per heavy atom. The molecule has 1 N–H and O–H groups in total. The van der Waals surface area contributed by atoms with Crippen LogP contribution in [0.4, 0.5) is 18.4 Å². The SMILES string of the molecule is CC(C)(C)OC(=O)N(Cc1ccc(F)cc1)Cc1cc2cc3c(cc2n(CC=O)c1=O)CCC3.CC(C)(C)OC(=O)N(Cc1ccc(F)cc1)Cc1cc2cc3c(cc2n(CCO)c1=O)CCC3. The van der Waals surface area contributed by atoms with E-state index in [0.29, 0.717) is 23.0 Å². The Hall–Kier alpha value is -6.67. The van der Waals surface area contributed by atoms with Crippen molar-refractivity contribution >= 4 is 40.3 Å². The van der Waals surface area contributed by atoms with Crippen LogP contribution in [0.15, 0.2) is 94.5 Å². The molecule has 4 aromatic carbocycles. The summed E-state index contributed by atoms with van der Waals surface area (Å²) in [5, 5.41) is 11.4. The van der Waals surface area contributed by atoms with Crippen molar-refractivity contribution in [1.29, 1.82) is 0 Å². The molecule has 0 saturated heterocycles. The third kappa shape index (κ3) is 12.1. The summed E-state index contributed by atoms with van der Waals surface area (Å²) in [6.45, 7) is 10.9. The van der Waals surface area contributed by atoms with Crippen molar-refractivity contribution in [2.45, 2.75) is 131 Å². The predicted molar refractivity (Wildman–Crippen MR) is 257 cm³/mol. The van der Waals surface area contributed by atoms with Crippen LogP contribution in [-0.2, 0) is 79.2 Å². The van der Waals surface area contributed by atoms with Gasteiger partial charge in [0, 0.05) is 30.8 Å². The number of benzene rings is 4. The molecule has 2 amide bonds. The monoisotopic (exact) mass is 930 g/mol. The number of aldehydes is 1. The van der Waals surface area contributed by atoms with E-state index in [-0.39, 0.29) is 68.6 Å². The molecule has 0 unspecified atom stereocenters. The quantitative estimate of drug-likeness (QED) is 0.120. The Balaban J connectivity index is 0.000000201. The van der Waals surface area contributed by atoms with Crippen molar-refractivity contribution in [1.82, 2.24) is 18.9 Å². The smallest absolute Gasteiger partial charge is 0.410 e. The van der Waals surface area contributed by atoms with Gasteiger partial charge in [0.05, 0.1) is 37.3 Å². The normalized spacial score (nSPS) is 13.1. The minimum atomic E-state index is -0.722. The number of amides is 2. The average molecular weight is 931 g/mol.